The quantitative estimate of drug-likeness (QED) is 0.715. The van der Waals surface area contributed by atoms with Gasteiger partial charge in [0.15, 0.2) is 0 Å². The van der Waals surface area contributed by atoms with E-state index >= 15 is 0 Å². The van der Waals surface area contributed by atoms with Crippen LogP contribution < -0.4 is 5.73 Å². The number of nitrogens with zero attached hydrogens (tertiary/aromatic N) is 2. The van der Waals surface area contributed by atoms with E-state index < -0.39 is 0 Å². The molecule has 0 amide bonds. The van der Waals surface area contributed by atoms with Gasteiger partial charge in [0.2, 0.25) is 0 Å². The number of nitrogen functional groups attached to an aromatic ring is 1. The molecule has 0 radical (unpaired) electrons. The number of nitrogens with two attached hydrogens (primary N) is 1. The van der Waals surface area contributed by atoms with E-state index in [2.05, 4.69) is 36.6 Å². The number of aryl methyl sites for hydroxylation is 2. The van der Waals surface area contributed by atoms with Crippen molar-refractivity contribution in [1.29, 1.82) is 0 Å². The Hall–Kier alpha value is -2.00. The molecular formula is C17H18ClN3. The second-order valence-corrected chi connectivity index (χ2v) is 5.79. The third-order valence-electron chi connectivity index (χ3n) is 3.53. The Morgan fingerprint density at radius 1 is 1.19 bits per heavy atom. The van der Waals surface area contributed by atoms with Crippen LogP contribution in [0.3, 0.4) is 0 Å². The summed E-state index contributed by atoms with van der Waals surface area (Å²) >= 11 is 6.14. The zero-order valence-corrected chi connectivity index (χ0v) is 13.0. The Balaban J connectivity index is 2.27. The lowest BCUT2D eigenvalue weighted by Gasteiger charge is -2.09. The summed E-state index contributed by atoms with van der Waals surface area (Å²) in [5.41, 5.74) is 10.9. The number of anilines is 1. The van der Waals surface area contributed by atoms with Crippen molar-refractivity contribution < 1.29 is 0 Å². The van der Waals surface area contributed by atoms with Gasteiger partial charge in [-0.2, -0.15) is 0 Å². The Bertz CT molecular complexity index is 785. The highest BCUT2D eigenvalue weighted by Gasteiger charge is 2.13. The first kappa shape index (κ1) is 14.0. The number of rotatable bonds is 3. The molecule has 0 spiro atoms. The maximum Gasteiger partial charge on any atom is 0.141 e. The molecule has 4 heteroatoms. The third kappa shape index (κ3) is 2.61. The lowest BCUT2D eigenvalue weighted by atomic mass is 10.2. The number of hydrogen-bond donors (Lipinski definition) is 1. The monoisotopic (exact) mass is 299 g/mol. The summed E-state index contributed by atoms with van der Waals surface area (Å²) in [6.07, 6.45) is 1.04. The van der Waals surface area contributed by atoms with Gasteiger partial charge in [-0.25, -0.2) is 4.98 Å². The minimum Gasteiger partial charge on any atom is -0.399 e. The molecule has 0 aliphatic heterocycles. The van der Waals surface area contributed by atoms with Crippen LogP contribution in [0.25, 0.3) is 22.4 Å². The molecule has 1 aromatic heterocycles. The van der Waals surface area contributed by atoms with Crippen LogP contribution in [0.1, 0.15) is 18.9 Å². The molecule has 1 heterocycles. The van der Waals surface area contributed by atoms with Crippen LogP contribution in [0.2, 0.25) is 5.02 Å². The first-order valence-electron chi connectivity index (χ1n) is 7.12. The standard InChI is InChI=1S/C17H18ClN3/c1-3-6-21-16-5-4-11(2)7-15(16)20-17(21)12-8-13(18)10-14(19)9-12/h4-5,7-10H,3,6,19H2,1-2H3. The molecule has 108 valence electrons. The number of fused-ring (bicyclic) bond motifs is 1. The molecule has 0 saturated heterocycles. The molecule has 0 saturated carbocycles. The van der Waals surface area contributed by atoms with Gasteiger partial charge in [0.25, 0.3) is 0 Å². The van der Waals surface area contributed by atoms with E-state index in [1.165, 1.54) is 5.56 Å². The molecule has 3 nitrogen and oxygen atoms in total. The molecule has 3 rings (SSSR count). The van der Waals surface area contributed by atoms with Crippen molar-refractivity contribution >= 4 is 28.3 Å². The van der Waals surface area contributed by atoms with E-state index in [1.54, 1.807) is 6.07 Å². The highest BCUT2D eigenvalue weighted by Crippen LogP contribution is 2.29. The summed E-state index contributed by atoms with van der Waals surface area (Å²) in [6.45, 7) is 5.16. The van der Waals surface area contributed by atoms with E-state index in [0.29, 0.717) is 10.7 Å². The SMILES string of the molecule is CCCn1c(-c2cc(N)cc(Cl)c2)nc2cc(C)ccc21. The maximum atomic E-state index is 6.14. The third-order valence-corrected chi connectivity index (χ3v) is 3.75. The average molecular weight is 300 g/mol. The highest BCUT2D eigenvalue weighted by molar-refractivity contribution is 6.31. The average Bonchev–Trinajstić information content (AvgIpc) is 2.76. The van der Waals surface area contributed by atoms with Crippen LogP contribution in [-0.2, 0) is 6.54 Å². The first-order chi connectivity index (χ1) is 10.1. The van der Waals surface area contributed by atoms with Crippen molar-refractivity contribution in [1.82, 2.24) is 9.55 Å². The van der Waals surface area contributed by atoms with Gasteiger partial charge in [-0.1, -0.05) is 24.6 Å². The van der Waals surface area contributed by atoms with Crippen molar-refractivity contribution in [3.63, 3.8) is 0 Å². The molecular weight excluding hydrogens is 282 g/mol. The summed E-state index contributed by atoms with van der Waals surface area (Å²) in [5, 5.41) is 0.635. The van der Waals surface area contributed by atoms with E-state index in [4.69, 9.17) is 22.3 Å². The summed E-state index contributed by atoms with van der Waals surface area (Å²) in [7, 11) is 0. The van der Waals surface area contributed by atoms with Gasteiger partial charge >= 0.3 is 0 Å². The van der Waals surface area contributed by atoms with Crippen LogP contribution in [0.15, 0.2) is 36.4 Å². The number of hydrogen-bond acceptors (Lipinski definition) is 2. The van der Waals surface area contributed by atoms with Crippen molar-refractivity contribution in [3.05, 3.63) is 47.0 Å². The second kappa shape index (κ2) is 5.41. The van der Waals surface area contributed by atoms with Gasteiger partial charge in [-0.05, 0) is 49.2 Å². The molecule has 0 unspecified atom stereocenters. The van der Waals surface area contributed by atoms with Crippen LogP contribution in [0, 0.1) is 6.92 Å². The lowest BCUT2D eigenvalue weighted by molar-refractivity contribution is 0.704. The van der Waals surface area contributed by atoms with Crippen molar-refractivity contribution in [2.24, 2.45) is 0 Å². The Morgan fingerprint density at radius 3 is 2.71 bits per heavy atom. The topological polar surface area (TPSA) is 43.8 Å². The number of aromatic nitrogens is 2. The van der Waals surface area contributed by atoms with Crippen molar-refractivity contribution in [2.75, 3.05) is 5.73 Å². The minimum absolute atomic E-state index is 0.635. The highest BCUT2D eigenvalue weighted by atomic mass is 35.5. The van der Waals surface area contributed by atoms with Crippen molar-refractivity contribution in [2.45, 2.75) is 26.8 Å². The Labute approximate surface area is 129 Å². The van der Waals surface area contributed by atoms with Gasteiger partial charge in [0, 0.05) is 22.8 Å². The molecule has 2 aromatic carbocycles. The van der Waals surface area contributed by atoms with E-state index in [-0.39, 0.29) is 0 Å². The summed E-state index contributed by atoms with van der Waals surface area (Å²) in [5.74, 6) is 0.923. The minimum atomic E-state index is 0.635. The maximum absolute atomic E-state index is 6.14. The van der Waals surface area contributed by atoms with E-state index in [1.807, 2.05) is 12.1 Å². The largest absolute Gasteiger partial charge is 0.399 e. The second-order valence-electron chi connectivity index (χ2n) is 5.35. The van der Waals surface area contributed by atoms with Gasteiger partial charge in [0.1, 0.15) is 5.82 Å². The molecule has 2 N–H and O–H groups in total. The molecule has 0 aliphatic carbocycles. The van der Waals surface area contributed by atoms with Crippen LogP contribution in [-0.4, -0.2) is 9.55 Å². The normalized spacial score (nSPS) is 11.2. The number of halogens is 1. The summed E-state index contributed by atoms with van der Waals surface area (Å²) < 4.78 is 2.24. The molecule has 0 aliphatic rings. The Kier molecular flexibility index (Phi) is 3.60. The fourth-order valence-corrected chi connectivity index (χ4v) is 2.90. The summed E-state index contributed by atoms with van der Waals surface area (Å²) in [6, 6.07) is 11.9. The fraction of sp³-hybridized carbons (Fsp3) is 0.235. The lowest BCUT2D eigenvalue weighted by Crippen LogP contribution is -2.00. The van der Waals surface area contributed by atoms with E-state index in [9.17, 15) is 0 Å². The zero-order chi connectivity index (χ0) is 15.0. The molecule has 0 atom stereocenters. The van der Waals surface area contributed by atoms with Crippen LogP contribution in [0.4, 0.5) is 5.69 Å². The van der Waals surface area contributed by atoms with Crippen molar-refractivity contribution in [3.8, 4) is 11.4 Å². The van der Waals surface area contributed by atoms with Gasteiger partial charge in [0.05, 0.1) is 11.0 Å². The smallest absolute Gasteiger partial charge is 0.141 e. The molecule has 3 aromatic rings. The molecule has 21 heavy (non-hydrogen) atoms. The van der Waals surface area contributed by atoms with Gasteiger partial charge < -0.3 is 10.3 Å². The number of benzene rings is 2. The molecule has 0 bridgehead atoms. The zero-order valence-electron chi connectivity index (χ0n) is 12.2. The van der Waals surface area contributed by atoms with Gasteiger partial charge in [-0.3, -0.25) is 0 Å². The van der Waals surface area contributed by atoms with Crippen LogP contribution >= 0.6 is 11.6 Å². The molecule has 0 fully saturated rings. The Morgan fingerprint density at radius 2 is 2.00 bits per heavy atom. The van der Waals surface area contributed by atoms with Crippen LogP contribution in [0.5, 0.6) is 0 Å². The first-order valence-corrected chi connectivity index (χ1v) is 7.49. The predicted molar refractivity (Wildman–Crippen MR) is 89.6 cm³/mol. The van der Waals surface area contributed by atoms with Gasteiger partial charge in [-0.15, -0.1) is 0 Å². The van der Waals surface area contributed by atoms with E-state index in [0.717, 1.165) is 35.4 Å². The summed E-state index contributed by atoms with van der Waals surface area (Å²) in [4.78, 5) is 4.79. The predicted octanol–water partition coefficient (Wildman–Crippen LogP) is 4.66. The number of imidazole rings is 1. The fourth-order valence-electron chi connectivity index (χ4n) is 2.65.